The van der Waals surface area contributed by atoms with Crippen LogP contribution in [0.3, 0.4) is 0 Å². The third kappa shape index (κ3) is 4.31. The summed E-state index contributed by atoms with van der Waals surface area (Å²) in [5, 5.41) is 1.28. The zero-order valence-corrected chi connectivity index (χ0v) is 17.5. The molecule has 1 aromatic heterocycles. The van der Waals surface area contributed by atoms with Gasteiger partial charge in [0.15, 0.2) is 0 Å². The van der Waals surface area contributed by atoms with E-state index in [9.17, 15) is 14.4 Å². The third-order valence-electron chi connectivity index (χ3n) is 4.92. The number of amides is 2. The highest BCUT2D eigenvalue weighted by atomic mass is 35.5. The number of carbonyl (C=O) groups is 3. The number of hydrogen-bond donors (Lipinski definition) is 0. The van der Waals surface area contributed by atoms with Crippen LogP contribution < -0.4 is 0 Å². The second kappa shape index (κ2) is 8.92. The van der Waals surface area contributed by atoms with Gasteiger partial charge in [-0.3, -0.25) is 14.4 Å². The Morgan fingerprint density at radius 3 is 2.57 bits per heavy atom. The maximum atomic E-state index is 12.8. The summed E-state index contributed by atoms with van der Waals surface area (Å²) < 4.78 is 5.99. The fourth-order valence-electron chi connectivity index (χ4n) is 3.32. The van der Waals surface area contributed by atoms with Gasteiger partial charge in [-0.2, -0.15) is 0 Å². The van der Waals surface area contributed by atoms with Crippen LogP contribution in [0.1, 0.15) is 29.4 Å². The summed E-state index contributed by atoms with van der Waals surface area (Å²) in [4.78, 5) is 40.7. The van der Waals surface area contributed by atoms with Crippen molar-refractivity contribution in [1.82, 2.24) is 9.80 Å². The zero-order chi connectivity index (χ0) is 20.3. The molecular formula is C20H23ClN2O4S. The minimum atomic E-state index is -0.263. The van der Waals surface area contributed by atoms with Crippen LogP contribution in [-0.2, 0) is 14.3 Å². The minimum Gasteiger partial charge on any atom is -0.466 e. The molecule has 2 amide bonds. The van der Waals surface area contributed by atoms with Crippen LogP contribution in [0.25, 0.3) is 10.1 Å². The second-order valence-electron chi connectivity index (χ2n) is 6.81. The molecule has 3 rings (SSSR count). The van der Waals surface area contributed by atoms with E-state index in [1.54, 1.807) is 18.9 Å². The lowest BCUT2D eigenvalue weighted by atomic mass is 9.97. The number of likely N-dealkylation sites (tertiary alicyclic amines) is 1. The highest BCUT2D eigenvalue weighted by Crippen LogP contribution is 2.35. The normalized spacial score (nSPS) is 14.9. The number of benzene rings is 1. The highest BCUT2D eigenvalue weighted by molar-refractivity contribution is 7.21. The van der Waals surface area contributed by atoms with Crippen molar-refractivity contribution < 1.29 is 19.1 Å². The molecule has 6 nitrogen and oxygen atoms in total. The molecule has 0 saturated carbocycles. The van der Waals surface area contributed by atoms with Crippen LogP contribution in [0, 0.1) is 5.92 Å². The molecule has 0 atom stereocenters. The van der Waals surface area contributed by atoms with Gasteiger partial charge < -0.3 is 14.5 Å². The first-order valence-electron chi connectivity index (χ1n) is 9.29. The topological polar surface area (TPSA) is 66.9 Å². The molecule has 0 aliphatic carbocycles. The number of nitrogens with zero attached hydrogens (tertiary/aromatic N) is 2. The summed E-state index contributed by atoms with van der Waals surface area (Å²) in [6, 6.07) is 7.57. The number of piperidine rings is 1. The van der Waals surface area contributed by atoms with E-state index >= 15 is 0 Å². The van der Waals surface area contributed by atoms with Crippen molar-refractivity contribution in [3.8, 4) is 0 Å². The molecule has 8 heteroatoms. The summed E-state index contributed by atoms with van der Waals surface area (Å²) in [7, 11) is 1.60. The van der Waals surface area contributed by atoms with Crippen LogP contribution in [-0.4, -0.2) is 60.9 Å². The summed E-state index contributed by atoms with van der Waals surface area (Å²) in [6.45, 7) is 3.12. The molecule has 0 spiro atoms. The molecule has 1 aliphatic heterocycles. The average Bonchev–Trinajstić information content (AvgIpc) is 3.04. The van der Waals surface area contributed by atoms with Crippen LogP contribution >= 0.6 is 22.9 Å². The van der Waals surface area contributed by atoms with Gasteiger partial charge in [0.25, 0.3) is 5.91 Å². The number of esters is 1. The van der Waals surface area contributed by atoms with Crippen molar-refractivity contribution in [3.05, 3.63) is 34.2 Å². The van der Waals surface area contributed by atoms with E-state index in [2.05, 4.69) is 0 Å². The van der Waals surface area contributed by atoms with Gasteiger partial charge in [-0.1, -0.05) is 29.8 Å². The number of likely N-dealkylation sites (N-methyl/N-ethyl adjacent to an activating group) is 1. The second-order valence-corrected chi connectivity index (χ2v) is 8.24. The van der Waals surface area contributed by atoms with Crippen molar-refractivity contribution in [2.24, 2.45) is 5.92 Å². The van der Waals surface area contributed by atoms with Gasteiger partial charge in [0.1, 0.15) is 4.88 Å². The Labute approximate surface area is 173 Å². The predicted molar refractivity (Wildman–Crippen MR) is 110 cm³/mol. The van der Waals surface area contributed by atoms with E-state index in [1.165, 1.54) is 16.2 Å². The van der Waals surface area contributed by atoms with Gasteiger partial charge in [-0.05, 0) is 25.8 Å². The first-order valence-corrected chi connectivity index (χ1v) is 10.5. The van der Waals surface area contributed by atoms with Gasteiger partial charge in [0.2, 0.25) is 5.91 Å². The Kier molecular flexibility index (Phi) is 6.57. The zero-order valence-electron chi connectivity index (χ0n) is 15.9. The fraction of sp³-hybridized carbons (Fsp3) is 0.450. The van der Waals surface area contributed by atoms with Crippen LogP contribution in [0.4, 0.5) is 0 Å². The summed E-state index contributed by atoms with van der Waals surface area (Å²) in [5.74, 6) is -0.738. The number of hydrogen-bond acceptors (Lipinski definition) is 5. The number of thiophene rings is 1. The molecule has 0 unspecified atom stereocenters. The standard InChI is InChI=1S/C20H23ClN2O4S/c1-3-27-20(26)13-8-10-23(11-9-13)16(24)12-22(2)19(25)18-17(21)14-6-4-5-7-15(14)28-18/h4-7,13H,3,8-12H2,1-2H3. The van der Waals surface area contributed by atoms with Gasteiger partial charge in [0.05, 0.1) is 24.1 Å². The maximum Gasteiger partial charge on any atom is 0.309 e. The fourth-order valence-corrected chi connectivity index (χ4v) is 4.83. The lowest BCUT2D eigenvalue weighted by molar-refractivity contribution is -0.151. The van der Waals surface area contributed by atoms with E-state index < -0.39 is 0 Å². The quantitative estimate of drug-likeness (QED) is 0.692. The van der Waals surface area contributed by atoms with E-state index in [1.807, 2.05) is 24.3 Å². The van der Waals surface area contributed by atoms with Crippen LogP contribution in [0.2, 0.25) is 5.02 Å². The molecule has 150 valence electrons. The maximum absolute atomic E-state index is 12.8. The lowest BCUT2D eigenvalue weighted by Crippen LogP contribution is -2.45. The Hall–Kier alpha value is -2.12. The SMILES string of the molecule is CCOC(=O)C1CCN(C(=O)CN(C)C(=O)c2sc3ccccc3c2Cl)CC1. The van der Waals surface area contributed by atoms with E-state index in [-0.39, 0.29) is 30.2 Å². The molecule has 1 saturated heterocycles. The smallest absolute Gasteiger partial charge is 0.309 e. The average molecular weight is 423 g/mol. The molecule has 28 heavy (non-hydrogen) atoms. The monoisotopic (exact) mass is 422 g/mol. The summed E-state index contributed by atoms with van der Waals surface area (Å²) >= 11 is 7.71. The Balaban J connectivity index is 1.59. The van der Waals surface area contributed by atoms with Gasteiger partial charge in [-0.25, -0.2) is 0 Å². The molecule has 0 radical (unpaired) electrons. The van der Waals surface area contributed by atoms with Crippen molar-refractivity contribution in [2.75, 3.05) is 33.3 Å². The lowest BCUT2D eigenvalue weighted by Gasteiger charge is -2.32. The molecule has 0 N–H and O–H groups in total. The minimum absolute atomic E-state index is 0.0204. The molecule has 2 aromatic rings. The number of halogens is 1. The first-order chi connectivity index (χ1) is 13.4. The predicted octanol–water partition coefficient (Wildman–Crippen LogP) is 3.43. The number of fused-ring (bicyclic) bond motifs is 1. The van der Waals surface area contributed by atoms with E-state index in [4.69, 9.17) is 16.3 Å². The van der Waals surface area contributed by atoms with Gasteiger partial charge in [-0.15, -0.1) is 11.3 Å². The van der Waals surface area contributed by atoms with Crippen molar-refractivity contribution in [3.63, 3.8) is 0 Å². The number of rotatable bonds is 5. The summed E-state index contributed by atoms with van der Waals surface area (Å²) in [6.07, 6.45) is 1.18. The number of ether oxygens (including phenoxy) is 1. The van der Waals surface area contributed by atoms with Crippen LogP contribution in [0.15, 0.2) is 24.3 Å². The van der Waals surface area contributed by atoms with Crippen LogP contribution in [0.5, 0.6) is 0 Å². The molecule has 2 heterocycles. The molecule has 0 bridgehead atoms. The van der Waals surface area contributed by atoms with Gasteiger partial charge in [0, 0.05) is 30.2 Å². The van der Waals surface area contributed by atoms with Crippen molar-refractivity contribution in [2.45, 2.75) is 19.8 Å². The molecule has 1 aliphatic rings. The number of carbonyl (C=O) groups excluding carboxylic acids is 3. The molecular weight excluding hydrogens is 400 g/mol. The first kappa shape index (κ1) is 20.6. The Bertz CT molecular complexity index is 889. The van der Waals surface area contributed by atoms with Crippen molar-refractivity contribution >= 4 is 50.8 Å². The van der Waals surface area contributed by atoms with Gasteiger partial charge >= 0.3 is 5.97 Å². The highest BCUT2D eigenvalue weighted by Gasteiger charge is 2.29. The van der Waals surface area contributed by atoms with E-state index in [0.29, 0.717) is 42.4 Å². The Morgan fingerprint density at radius 1 is 1.25 bits per heavy atom. The molecule has 1 aromatic carbocycles. The van der Waals surface area contributed by atoms with Crippen molar-refractivity contribution in [1.29, 1.82) is 0 Å². The Morgan fingerprint density at radius 2 is 1.93 bits per heavy atom. The third-order valence-corrected chi connectivity index (χ3v) is 6.58. The summed E-state index contributed by atoms with van der Waals surface area (Å²) in [5.41, 5.74) is 0. The van der Waals surface area contributed by atoms with E-state index in [0.717, 1.165) is 10.1 Å². The molecule has 1 fully saturated rings. The largest absolute Gasteiger partial charge is 0.466 e.